The van der Waals surface area contributed by atoms with E-state index in [9.17, 15) is 4.79 Å². The minimum Gasteiger partial charge on any atom is -0.366 e. The van der Waals surface area contributed by atoms with Gasteiger partial charge in [-0.15, -0.1) is 0 Å². The van der Waals surface area contributed by atoms with E-state index in [-0.39, 0.29) is 12.0 Å². The van der Waals surface area contributed by atoms with E-state index in [4.69, 9.17) is 4.74 Å². The highest BCUT2D eigenvalue weighted by Gasteiger charge is 2.27. The van der Waals surface area contributed by atoms with Crippen LogP contribution in [0.15, 0.2) is 0 Å². The second kappa shape index (κ2) is 7.96. The van der Waals surface area contributed by atoms with Crippen molar-refractivity contribution in [3.8, 4) is 0 Å². The van der Waals surface area contributed by atoms with Gasteiger partial charge in [0.2, 0.25) is 0 Å². The van der Waals surface area contributed by atoms with Crippen molar-refractivity contribution in [2.75, 3.05) is 40.3 Å². The second-order valence-electron chi connectivity index (χ2n) is 6.24. The fraction of sp³-hybridized carbons (Fsp3) is 0.933. The van der Waals surface area contributed by atoms with Gasteiger partial charge in [0.25, 0.3) is 5.91 Å². The van der Waals surface area contributed by atoms with Gasteiger partial charge in [-0.1, -0.05) is 19.3 Å². The van der Waals surface area contributed by atoms with Crippen molar-refractivity contribution in [2.45, 2.75) is 44.2 Å². The Labute approximate surface area is 122 Å². The maximum Gasteiger partial charge on any atom is 0.250 e. The number of nitrogens with one attached hydrogen (secondary N) is 2. The lowest BCUT2D eigenvalue weighted by Crippen LogP contribution is -2.51. The topological polar surface area (TPSA) is 53.6 Å². The van der Waals surface area contributed by atoms with E-state index in [1.54, 1.807) is 0 Å². The highest BCUT2D eigenvalue weighted by atomic mass is 16.5. The van der Waals surface area contributed by atoms with Gasteiger partial charge in [-0.3, -0.25) is 4.79 Å². The first-order valence-corrected chi connectivity index (χ1v) is 7.95. The average Bonchev–Trinajstić information content (AvgIpc) is 2.49. The number of hydrogen-bond donors (Lipinski definition) is 2. The first-order chi connectivity index (χ1) is 9.68. The van der Waals surface area contributed by atoms with Crippen molar-refractivity contribution in [1.29, 1.82) is 0 Å². The molecule has 1 saturated heterocycles. The Hall–Kier alpha value is -0.650. The summed E-state index contributed by atoms with van der Waals surface area (Å²) in [6.07, 6.45) is 6.29. The summed E-state index contributed by atoms with van der Waals surface area (Å²) in [5.41, 5.74) is 0. The Balaban J connectivity index is 1.80. The number of rotatable bonds is 5. The Morgan fingerprint density at radius 1 is 1.35 bits per heavy atom. The van der Waals surface area contributed by atoms with Crippen LogP contribution in [0.5, 0.6) is 0 Å². The molecule has 0 spiro atoms. The smallest absolute Gasteiger partial charge is 0.250 e. The van der Waals surface area contributed by atoms with E-state index in [1.807, 2.05) is 0 Å². The summed E-state index contributed by atoms with van der Waals surface area (Å²) >= 11 is 0. The molecule has 2 fully saturated rings. The highest BCUT2D eigenvalue weighted by Crippen LogP contribution is 2.28. The lowest BCUT2D eigenvalue weighted by Gasteiger charge is -2.35. The molecule has 2 N–H and O–H groups in total. The Bertz CT molecular complexity index is 297. The third-order valence-corrected chi connectivity index (χ3v) is 4.56. The van der Waals surface area contributed by atoms with Crippen LogP contribution in [0.2, 0.25) is 0 Å². The van der Waals surface area contributed by atoms with Crippen molar-refractivity contribution in [3.63, 3.8) is 0 Å². The molecular formula is C15H29N3O2. The van der Waals surface area contributed by atoms with Gasteiger partial charge >= 0.3 is 0 Å². The van der Waals surface area contributed by atoms with Crippen molar-refractivity contribution >= 4 is 5.91 Å². The quantitative estimate of drug-likeness (QED) is 0.776. The van der Waals surface area contributed by atoms with Crippen LogP contribution >= 0.6 is 0 Å². The van der Waals surface area contributed by atoms with E-state index >= 15 is 0 Å². The van der Waals surface area contributed by atoms with Gasteiger partial charge in [-0.25, -0.2) is 0 Å². The van der Waals surface area contributed by atoms with Gasteiger partial charge in [0.15, 0.2) is 0 Å². The molecule has 1 saturated carbocycles. The van der Waals surface area contributed by atoms with Crippen LogP contribution < -0.4 is 10.6 Å². The van der Waals surface area contributed by atoms with Crippen molar-refractivity contribution in [1.82, 2.24) is 15.5 Å². The first-order valence-electron chi connectivity index (χ1n) is 7.95. The number of ether oxygens (including phenoxy) is 1. The summed E-state index contributed by atoms with van der Waals surface area (Å²) in [5, 5.41) is 6.28. The molecule has 2 atom stereocenters. The fourth-order valence-corrected chi connectivity index (χ4v) is 3.34. The van der Waals surface area contributed by atoms with Crippen molar-refractivity contribution in [2.24, 2.45) is 5.92 Å². The summed E-state index contributed by atoms with van der Waals surface area (Å²) in [5.74, 6) is 0.740. The van der Waals surface area contributed by atoms with Gasteiger partial charge in [0.1, 0.15) is 6.10 Å². The zero-order valence-electron chi connectivity index (χ0n) is 12.9. The normalized spacial score (nSPS) is 26.4. The Kier molecular flexibility index (Phi) is 6.26. The predicted octanol–water partition coefficient (Wildman–Crippen LogP) is 0.602. The summed E-state index contributed by atoms with van der Waals surface area (Å²) in [7, 11) is 4.23. The van der Waals surface area contributed by atoms with E-state index in [1.165, 1.54) is 32.1 Å². The maximum absolute atomic E-state index is 12.1. The number of carbonyl (C=O) groups is 1. The van der Waals surface area contributed by atoms with Crippen molar-refractivity contribution < 1.29 is 9.53 Å². The molecule has 5 nitrogen and oxygen atoms in total. The number of morpholine rings is 1. The van der Waals surface area contributed by atoms with Gasteiger partial charge < -0.3 is 20.3 Å². The molecular weight excluding hydrogens is 254 g/mol. The minimum atomic E-state index is -0.321. The third-order valence-electron chi connectivity index (χ3n) is 4.56. The molecule has 20 heavy (non-hydrogen) atoms. The molecule has 0 bridgehead atoms. The Morgan fingerprint density at radius 2 is 2.10 bits per heavy atom. The monoisotopic (exact) mass is 283 g/mol. The third kappa shape index (κ3) is 4.43. The summed E-state index contributed by atoms with van der Waals surface area (Å²) in [4.78, 5) is 14.4. The van der Waals surface area contributed by atoms with Gasteiger partial charge in [0, 0.05) is 25.7 Å². The molecule has 116 valence electrons. The second-order valence-corrected chi connectivity index (χ2v) is 6.24. The van der Waals surface area contributed by atoms with E-state index < -0.39 is 0 Å². The number of likely N-dealkylation sites (N-methyl/N-ethyl adjacent to an activating group) is 1. The molecule has 1 aliphatic heterocycles. The SMILES string of the molecule is CN(C)C(CNC(=O)[C@H]1CNCCO1)C1CCCCC1. The zero-order valence-corrected chi connectivity index (χ0v) is 12.9. The Morgan fingerprint density at radius 3 is 2.70 bits per heavy atom. The number of amides is 1. The standard InChI is InChI=1S/C15H29N3O2/c1-18(2)13(12-6-4-3-5-7-12)10-17-15(19)14-11-16-8-9-20-14/h12-14,16H,3-11H2,1-2H3,(H,17,19)/t13?,14-/m1/s1. The van der Waals surface area contributed by atoms with Crippen molar-refractivity contribution in [3.05, 3.63) is 0 Å². The van der Waals surface area contributed by atoms with Crippen LogP contribution in [-0.2, 0) is 9.53 Å². The molecule has 0 radical (unpaired) electrons. The highest BCUT2D eigenvalue weighted by molar-refractivity contribution is 5.81. The number of hydrogen-bond acceptors (Lipinski definition) is 4. The number of nitrogens with zero attached hydrogens (tertiary/aromatic N) is 1. The fourth-order valence-electron chi connectivity index (χ4n) is 3.34. The molecule has 1 heterocycles. The van der Waals surface area contributed by atoms with Crippen LogP contribution in [0.25, 0.3) is 0 Å². The van der Waals surface area contributed by atoms with Gasteiger partial charge in [0.05, 0.1) is 6.61 Å². The van der Waals surface area contributed by atoms with E-state index in [0.717, 1.165) is 13.1 Å². The lowest BCUT2D eigenvalue weighted by molar-refractivity contribution is -0.134. The molecule has 1 amide bonds. The maximum atomic E-state index is 12.1. The summed E-state index contributed by atoms with van der Waals surface area (Å²) in [6.45, 7) is 2.82. The summed E-state index contributed by atoms with van der Waals surface area (Å²) in [6, 6.07) is 0.441. The molecule has 0 aromatic heterocycles. The van der Waals surface area contributed by atoms with Crippen LogP contribution in [0.1, 0.15) is 32.1 Å². The molecule has 0 aromatic rings. The molecule has 5 heteroatoms. The van der Waals surface area contributed by atoms with Gasteiger partial charge in [-0.2, -0.15) is 0 Å². The van der Waals surface area contributed by atoms with E-state index in [0.29, 0.717) is 25.1 Å². The molecule has 2 aliphatic rings. The predicted molar refractivity (Wildman–Crippen MR) is 79.7 cm³/mol. The van der Waals surface area contributed by atoms with E-state index in [2.05, 4.69) is 29.6 Å². The van der Waals surface area contributed by atoms with Crippen LogP contribution in [0.4, 0.5) is 0 Å². The van der Waals surface area contributed by atoms with Crippen LogP contribution in [-0.4, -0.2) is 63.3 Å². The molecule has 2 rings (SSSR count). The zero-order chi connectivity index (χ0) is 14.4. The summed E-state index contributed by atoms with van der Waals surface area (Å²) < 4.78 is 5.49. The molecule has 1 unspecified atom stereocenters. The lowest BCUT2D eigenvalue weighted by atomic mass is 9.83. The van der Waals surface area contributed by atoms with Crippen LogP contribution in [0.3, 0.4) is 0 Å². The van der Waals surface area contributed by atoms with Crippen LogP contribution in [0, 0.1) is 5.92 Å². The molecule has 1 aliphatic carbocycles. The first kappa shape index (κ1) is 15.7. The average molecular weight is 283 g/mol. The van der Waals surface area contributed by atoms with Gasteiger partial charge in [-0.05, 0) is 32.9 Å². The number of carbonyl (C=O) groups excluding carboxylic acids is 1. The minimum absolute atomic E-state index is 0.0276. The molecule has 0 aromatic carbocycles. The largest absolute Gasteiger partial charge is 0.366 e.